The second kappa shape index (κ2) is 9.39. The molecule has 0 saturated carbocycles. The van der Waals surface area contributed by atoms with Gasteiger partial charge in [0.15, 0.2) is 0 Å². The molecule has 116 valence electrons. The van der Waals surface area contributed by atoms with Gasteiger partial charge in [-0.1, -0.05) is 29.3 Å². The minimum absolute atomic E-state index is 0.254. The van der Waals surface area contributed by atoms with Crippen molar-refractivity contribution in [2.24, 2.45) is 0 Å². The number of carboxylic acids is 1. The normalized spacial score (nSPS) is 11.7. The molecule has 0 heterocycles. The van der Waals surface area contributed by atoms with Gasteiger partial charge in [0.25, 0.3) is 0 Å². The van der Waals surface area contributed by atoms with Crippen LogP contribution in [0.3, 0.4) is 0 Å². The van der Waals surface area contributed by atoms with Gasteiger partial charge < -0.3 is 15.2 Å². The third kappa shape index (κ3) is 7.13. The van der Waals surface area contributed by atoms with Gasteiger partial charge in [-0.15, -0.1) is 0 Å². The highest BCUT2D eigenvalue weighted by atomic mass is 79.9. The molecule has 0 aromatic heterocycles. The maximum absolute atomic E-state index is 11.7. The SMILES string of the molecule is CCCC(NC(=O)CCCOc1ccc(Br)cc1)C(=O)O. The minimum Gasteiger partial charge on any atom is -0.494 e. The first kappa shape index (κ1) is 17.5. The third-order valence-corrected chi connectivity index (χ3v) is 3.37. The summed E-state index contributed by atoms with van der Waals surface area (Å²) in [7, 11) is 0. The first-order valence-corrected chi connectivity index (χ1v) is 7.72. The highest BCUT2D eigenvalue weighted by Gasteiger charge is 2.18. The standard InChI is InChI=1S/C15H20BrNO4/c1-2-4-13(15(19)20)17-14(18)5-3-10-21-12-8-6-11(16)7-9-12/h6-9,13H,2-5,10H2,1H3,(H,17,18)(H,19,20). The number of nitrogens with one attached hydrogen (secondary N) is 1. The van der Waals surface area contributed by atoms with E-state index < -0.39 is 12.0 Å². The molecule has 0 aliphatic carbocycles. The lowest BCUT2D eigenvalue weighted by Crippen LogP contribution is -2.40. The molecule has 2 N–H and O–H groups in total. The molecule has 1 rings (SSSR count). The van der Waals surface area contributed by atoms with Gasteiger partial charge in [-0.2, -0.15) is 0 Å². The number of aliphatic carboxylic acids is 1. The predicted molar refractivity (Wildman–Crippen MR) is 83.3 cm³/mol. The molecule has 0 spiro atoms. The molecule has 0 aliphatic heterocycles. The fraction of sp³-hybridized carbons (Fsp3) is 0.467. The van der Waals surface area contributed by atoms with Crippen LogP contribution in [0.5, 0.6) is 5.75 Å². The van der Waals surface area contributed by atoms with Crippen molar-refractivity contribution in [1.82, 2.24) is 5.32 Å². The zero-order chi connectivity index (χ0) is 15.7. The Bertz CT molecular complexity index is 461. The van der Waals surface area contributed by atoms with Crippen LogP contribution in [-0.4, -0.2) is 29.6 Å². The maximum atomic E-state index is 11.7. The average molecular weight is 358 g/mol. The lowest BCUT2D eigenvalue weighted by Gasteiger charge is -2.13. The first-order chi connectivity index (χ1) is 10.0. The lowest BCUT2D eigenvalue weighted by molar-refractivity contribution is -0.142. The van der Waals surface area contributed by atoms with Gasteiger partial charge in [-0.3, -0.25) is 4.79 Å². The van der Waals surface area contributed by atoms with Crippen LogP contribution in [0, 0.1) is 0 Å². The molecule has 5 nitrogen and oxygen atoms in total. The molecular formula is C15H20BrNO4. The highest BCUT2D eigenvalue weighted by Crippen LogP contribution is 2.16. The molecule has 6 heteroatoms. The average Bonchev–Trinajstić information content (AvgIpc) is 2.45. The van der Waals surface area contributed by atoms with E-state index in [1.165, 1.54) is 0 Å². The van der Waals surface area contributed by atoms with Gasteiger partial charge in [0.05, 0.1) is 6.61 Å². The summed E-state index contributed by atoms with van der Waals surface area (Å²) in [6.07, 6.45) is 1.95. The molecule has 0 radical (unpaired) electrons. The predicted octanol–water partition coefficient (Wildman–Crippen LogP) is 2.98. The van der Waals surface area contributed by atoms with E-state index in [9.17, 15) is 9.59 Å². The number of carbonyl (C=O) groups is 2. The largest absolute Gasteiger partial charge is 0.494 e. The molecular weight excluding hydrogens is 338 g/mol. The zero-order valence-electron chi connectivity index (χ0n) is 12.0. The summed E-state index contributed by atoms with van der Waals surface area (Å²) >= 11 is 3.34. The van der Waals surface area contributed by atoms with Gasteiger partial charge in [-0.05, 0) is 37.1 Å². The molecule has 1 aromatic carbocycles. The number of rotatable bonds is 9. The van der Waals surface area contributed by atoms with E-state index >= 15 is 0 Å². The number of carbonyl (C=O) groups excluding carboxylic acids is 1. The van der Waals surface area contributed by atoms with Gasteiger partial charge in [0.2, 0.25) is 5.91 Å². The summed E-state index contributed by atoms with van der Waals surface area (Å²) in [6, 6.07) is 6.64. The summed E-state index contributed by atoms with van der Waals surface area (Å²) in [5.41, 5.74) is 0. The van der Waals surface area contributed by atoms with Gasteiger partial charge in [-0.25, -0.2) is 4.79 Å². The van der Waals surface area contributed by atoms with E-state index in [1.807, 2.05) is 31.2 Å². The molecule has 0 saturated heterocycles. The van der Waals surface area contributed by atoms with E-state index in [0.29, 0.717) is 25.9 Å². The number of ether oxygens (including phenoxy) is 1. The number of carboxylic acid groups (broad SMARTS) is 1. The summed E-state index contributed by atoms with van der Waals surface area (Å²) in [6.45, 7) is 2.30. The fourth-order valence-corrected chi connectivity index (χ4v) is 2.03. The highest BCUT2D eigenvalue weighted by molar-refractivity contribution is 9.10. The summed E-state index contributed by atoms with van der Waals surface area (Å²) in [5, 5.41) is 11.5. The van der Waals surface area contributed by atoms with Crippen LogP contribution in [0.4, 0.5) is 0 Å². The van der Waals surface area contributed by atoms with Crippen molar-refractivity contribution in [3.63, 3.8) is 0 Å². The number of benzene rings is 1. The lowest BCUT2D eigenvalue weighted by atomic mass is 10.1. The van der Waals surface area contributed by atoms with Crippen LogP contribution in [0.15, 0.2) is 28.7 Å². The van der Waals surface area contributed by atoms with Crippen LogP contribution in [-0.2, 0) is 9.59 Å². The summed E-state index contributed by atoms with van der Waals surface area (Å²) in [5.74, 6) is -0.500. The Morgan fingerprint density at radius 2 is 2.00 bits per heavy atom. The summed E-state index contributed by atoms with van der Waals surface area (Å²) in [4.78, 5) is 22.6. The van der Waals surface area contributed by atoms with E-state index in [2.05, 4.69) is 21.2 Å². The Balaban J connectivity index is 2.23. The summed E-state index contributed by atoms with van der Waals surface area (Å²) < 4.78 is 6.47. The molecule has 0 fully saturated rings. The van der Waals surface area contributed by atoms with Crippen molar-refractivity contribution < 1.29 is 19.4 Å². The van der Waals surface area contributed by atoms with Crippen molar-refractivity contribution in [2.75, 3.05) is 6.61 Å². The quantitative estimate of drug-likeness (QED) is 0.666. The molecule has 0 bridgehead atoms. The third-order valence-electron chi connectivity index (χ3n) is 2.84. The van der Waals surface area contributed by atoms with Crippen molar-refractivity contribution in [1.29, 1.82) is 0 Å². The zero-order valence-corrected chi connectivity index (χ0v) is 13.6. The van der Waals surface area contributed by atoms with Gasteiger partial charge >= 0.3 is 5.97 Å². The smallest absolute Gasteiger partial charge is 0.326 e. The van der Waals surface area contributed by atoms with E-state index in [0.717, 1.165) is 10.2 Å². The van der Waals surface area contributed by atoms with Crippen LogP contribution < -0.4 is 10.1 Å². The Morgan fingerprint density at radius 3 is 2.57 bits per heavy atom. The van der Waals surface area contributed by atoms with E-state index in [-0.39, 0.29) is 12.3 Å². The molecule has 1 amide bonds. The number of hydrogen-bond acceptors (Lipinski definition) is 3. The van der Waals surface area contributed by atoms with E-state index in [1.54, 1.807) is 0 Å². The van der Waals surface area contributed by atoms with Crippen molar-refractivity contribution in [3.8, 4) is 5.75 Å². The van der Waals surface area contributed by atoms with Crippen LogP contribution in [0.2, 0.25) is 0 Å². The van der Waals surface area contributed by atoms with Crippen LogP contribution in [0.25, 0.3) is 0 Å². The maximum Gasteiger partial charge on any atom is 0.326 e. The Hall–Kier alpha value is -1.56. The number of halogens is 1. The molecule has 1 atom stereocenters. The fourth-order valence-electron chi connectivity index (χ4n) is 1.77. The topological polar surface area (TPSA) is 75.6 Å². The Kier molecular flexibility index (Phi) is 7.82. The van der Waals surface area contributed by atoms with E-state index in [4.69, 9.17) is 9.84 Å². The Morgan fingerprint density at radius 1 is 1.33 bits per heavy atom. The van der Waals surface area contributed by atoms with Crippen molar-refractivity contribution in [2.45, 2.75) is 38.6 Å². The molecule has 21 heavy (non-hydrogen) atoms. The second-order valence-electron chi connectivity index (χ2n) is 4.65. The first-order valence-electron chi connectivity index (χ1n) is 6.93. The van der Waals surface area contributed by atoms with Crippen LogP contribution in [0.1, 0.15) is 32.6 Å². The Labute approximate surface area is 132 Å². The molecule has 1 aromatic rings. The molecule has 0 aliphatic rings. The van der Waals surface area contributed by atoms with Gasteiger partial charge in [0.1, 0.15) is 11.8 Å². The minimum atomic E-state index is -0.990. The van der Waals surface area contributed by atoms with Gasteiger partial charge in [0, 0.05) is 10.9 Å². The molecule has 1 unspecified atom stereocenters. The number of amides is 1. The van der Waals surface area contributed by atoms with Crippen molar-refractivity contribution in [3.05, 3.63) is 28.7 Å². The second-order valence-corrected chi connectivity index (χ2v) is 5.57. The number of hydrogen-bond donors (Lipinski definition) is 2. The van der Waals surface area contributed by atoms with Crippen molar-refractivity contribution >= 4 is 27.8 Å². The van der Waals surface area contributed by atoms with Crippen LogP contribution >= 0.6 is 15.9 Å². The monoisotopic (exact) mass is 357 g/mol.